The van der Waals surface area contributed by atoms with Gasteiger partial charge in [0.05, 0.1) is 26.6 Å². The zero-order valence-corrected chi connectivity index (χ0v) is 25.5. The summed E-state index contributed by atoms with van der Waals surface area (Å²) in [6.07, 6.45) is 3.06. The van der Waals surface area contributed by atoms with Crippen molar-refractivity contribution < 1.29 is 4.74 Å². The largest absolute Gasteiger partial charge is 0.486 e. The van der Waals surface area contributed by atoms with Crippen molar-refractivity contribution in [3.8, 4) is 5.75 Å². The predicted molar refractivity (Wildman–Crippen MR) is 156 cm³/mol. The second-order valence-electron chi connectivity index (χ2n) is 7.64. The Balaban J connectivity index is 1.63. The lowest BCUT2D eigenvalue weighted by atomic mass is 10.2. The van der Waals surface area contributed by atoms with Crippen LogP contribution in [0.5, 0.6) is 5.75 Å². The first kappa shape index (κ1) is 26.5. The van der Waals surface area contributed by atoms with Crippen LogP contribution in [0.1, 0.15) is 30.3 Å². The van der Waals surface area contributed by atoms with Gasteiger partial charge in [0.1, 0.15) is 12.4 Å². The maximum absolute atomic E-state index is 13.2. The van der Waals surface area contributed by atoms with Gasteiger partial charge in [0, 0.05) is 25.4 Å². The second-order valence-corrected chi connectivity index (χ2v) is 11.6. The lowest BCUT2D eigenvalue weighted by Gasteiger charge is -2.12. The van der Waals surface area contributed by atoms with Crippen LogP contribution in [0, 0.1) is 0 Å². The molecule has 0 saturated heterocycles. The molecule has 5 nitrogen and oxygen atoms in total. The van der Waals surface area contributed by atoms with Gasteiger partial charge in [-0.05, 0) is 70.4 Å². The number of aromatic nitrogens is 2. The maximum atomic E-state index is 13.2. The molecule has 4 aromatic rings. The van der Waals surface area contributed by atoms with Crippen molar-refractivity contribution in [2.45, 2.75) is 26.4 Å². The van der Waals surface area contributed by atoms with Crippen LogP contribution < -0.4 is 10.3 Å². The van der Waals surface area contributed by atoms with Gasteiger partial charge in [0.2, 0.25) is 0 Å². The molecule has 0 aliphatic carbocycles. The molecule has 0 aliphatic rings. The van der Waals surface area contributed by atoms with Gasteiger partial charge < -0.3 is 4.74 Å². The summed E-state index contributed by atoms with van der Waals surface area (Å²) in [6, 6.07) is 14.9. The standard InChI is InChI=1S/C25H18Br4ClN3O2/c1-2-3-23-32-22-7-6-16(26)10-18(22)25(34)33(23)31-12-14-8-20(29)24(21(30)9-14)35-13-15-4-5-17(27)11-19(15)28/h4-12H,2-3,13H2,1H3. The molecule has 0 radical (unpaired) electrons. The van der Waals surface area contributed by atoms with E-state index in [1.165, 1.54) is 4.68 Å². The molecule has 35 heavy (non-hydrogen) atoms. The molecule has 180 valence electrons. The quantitative estimate of drug-likeness (QED) is 0.178. The monoisotopic (exact) mass is 743 g/mol. The zero-order valence-electron chi connectivity index (χ0n) is 18.4. The minimum atomic E-state index is -0.221. The fourth-order valence-corrected chi connectivity index (χ4v) is 5.92. The van der Waals surface area contributed by atoms with Crippen LogP contribution in [-0.4, -0.2) is 15.9 Å². The number of hydrogen-bond donors (Lipinski definition) is 0. The number of hydrogen-bond acceptors (Lipinski definition) is 4. The second kappa shape index (κ2) is 11.7. The Labute approximate surface area is 241 Å². The molecule has 0 spiro atoms. The molecule has 0 N–H and O–H groups in total. The average molecular weight is 748 g/mol. The van der Waals surface area contributed by atoms with E-state index in [1.807, 2.05) is 43.3 Å². The van der Waals surface area contributed by atoms with E-state index < -0.39 is 0 Å². The van der Waals surface area contributed by atoms with E-state index in [4.69, 9.17) is 16.3 Å². The topological polar surface area (TPSA) is 56.5 Å². The summed E-state index contributed by atoms with van der Waals surface area (Å²) in [5, 5.41) is 5.40. The van der Waals surface area contributed by atoms with Crippen molar-refractivity contribution in [3.05, 3.63) is 98.7 Å². The van der Waals surface area contributed by atoms with Gasteiger partial charge in [-0.3, -0.25) is 4.79 Å². The van der Waals surface area contributed by atoms with Crippen molar-refractivity contribution in [1.29, 1.82) is 0 Å². The van der Waals surface area contributed by atoms with Gasteiger partial charge in [0.15, 0.2) is 5.75 Å². The first-order valence-electron chi connectivity index (χ1n) is 10.6. The van der Waals surface area contributed by atoms with Gasteiger partial charge in [0.25, 0.3) is 5.56 Å². The number of rotatable bonds is 7. The summed E-state index contributed by atoms with van der Waals surface area (Å²) in [5.41, 5.74) is 2.13. The minimum Gasteiger partial charge on any atom is -0.486 e. The highest BCUT2D eigenvalue weighted by molar-refractivity contribution is 9.11. The lowest BCUT2D eigenvalue weighted by molar-refractivity contribution is 0.303. The first-order chi connectivity index (χ1) is 16.8. The average Bonchev–Trinajstić information content (AvgIpc) is 2.80. The molecule has 3 aromatic carbocycles. The molecule has 0 aliphatic heterocycles. The molecule has 10 heteroatoms. The molecule has 0 unspecified atom stereocenters. The lowest BCUT2D eigenvalue weighted by Crippen LogP contribution is -2.22. The van der Waals surface area contributed by atoms with Gasteiger partial charge in [-0.25, -0.2) is 4.98 Å². The van der Waals surface area contributed by atoms with Crippen LogP contribution in [-0.2, 0) is 13.0 Å². The third kappa shape index (κ3) is 6.25. The fraction of sp³-hybridized carbons (Fsp3) is 0.160. The van der Waals surface area contributed by atoms with Crippen molar-refractivity contribution in [1.82, 2.24) is 9.66 Å². The predicted octanol–water partition coefficient (Wildman–Crippen LogP) is 8.51. The van der Waals surface area contributed by atoms with Crippen LogP contribution in [0.4, 0.5) is 0 Å². The van der Waals surface area contributed by atoms with Crippen molar-refractivity contribution in [3.63, 3.8) is 0 Å². The van der Waals surface area contributed by atoms with Gasteiger partial charge in [-0.2, -0.15) is 9.78 Å². The number of halogens is 5. The summed E-state index contributed by atoms with van der Waals surface area (Å²) in [4.78, 5) is 17.8. The molecule has 0 bridgehead atoms. The summed E-state index contributed by atoms with van der Waals surface area (Å²) >= 11 is 20.5. The van der Waals surface area contributed by atoms with Crippen LogP contribution in [0.3, 0.4) is 0 Å². The van der Waals surface area contributed by atoms with E-state index >= 15 is 0 Å². The summed E-state index contributed by atoms with van der Waals surface area (Å²) < 4.78 is 10.7. The molecule has 0 fully saturated rings. The Morgan fingerprint density at radius 1 is 1.03 bits per heavy atom. The Morgan fingerprint density at radius 3 is 2.49 bits per heavy atom. The molecule has 0 atom stereocenters. The minimum absolute atomic E-state index is 0.221. The Kier molecular flexibility index (Phi) is 8.86. The maximum Gasteiger partial charge on any atom is 0.282 e. The Bertz CT molecular complexity index is 1480. The SMILES string of the molecule is CCCc1nc2ccc(Br)cc2c(=O)n1N=Cc1cc(Cl)c(OCc2ccc(Br)cc2Br)c(Br)c1. The van der Waals surface area contributed by atoms with E-state index in [-0.39, 0.29) is 5.56 Å². The highest BCUT2D eigenvalue weighted by Gasteiger charge is 2.13. The van der Waals surface area contributed by atoms with Crippen molar-refractivity contribution in [2.75, 3.05) is 0 Å². The first-order valence-corrected chi connectivity index (χ1v) is 14.1. The number of nitrogens with zero attached hydrogens (tertiary/aromatic N) is 3. The number of benzene rings is 3. The number of aryl methyl sites for hydroxylation is 1. The van der Waals surface area contributed by atoms with E-state index in [0.29, 0.717) is 50.6 Å². The fourth-order valence-electron chi connectivity index (χ4n) is 3.40. The van der Waals surface area contributed by atoms with E-state index in [9.17, 15) is 4.79 Å². The molecule has 1 aromatic heterocycles. The molecule has 0 amide bonds. The van der Waals surface area contributed by atoms with Crippen LogP contribution in [0.25, 0.3) is 10.9 Å². The van der Waals surface area contributed by atoms with Crippen molar-refractivity contribution in [2.24, 2.45) is 5.10 Å². The van der Waals surface area contributed by atoms with E-state index in [2.05, 4.69) is 73.8 Å². The Morgan fingerprint density at radius 2 is 1.77 bits per heavy atom. The number of ether oxygens (including phenoxy) is 1. The van der Waals surface area contributed by atoms with Crippen LogP contribution in [0.2, 0.25) is 5.02 Å². The van der Waals surface area contributed by atoms with Crippen molar-refractivity contribution >= 4 is 92.4 Å². The molecular weight excluding hydrogens is 729 g/mol. The Hall–Kier alpha value is -1.52. The van der Waals surface area contributed by atoms with Gasteiger partial charge in [-0.1, -0.05) is 72.4 Å². The summed E-state index contributed by atoms with van der Waals surface area (Å²) in [6.45, 7) is 2.38. The molecule has 0 saturated carbocycles. The third-order valence-electron chi connectivity index (χ3n) is 5.08. The van der Waals surface area contributed by atoms with Gasteiger partial charge >= 0.3 is 0 Å². The summed E-state index contributed by atoms with van der Waals surface area (Å²) in [7, 11) is 0. The van der Waals surface area contributed by atoms with E-state index in [0.717, 1.165) is 25.4 Å². The zero-order chi connectivity index (χ0) is 25.1. The molecule has 1 heterocycles. The van der Waals surface area contributed by atoms with Crippen LogP contribution >= 0.6 is 75.3 Å². The van der Waals surface area contributed by atoms with Crippen LogP contribution in [0.15, 0.2) is 76.3 Å². The highest BCUT2D eigenvalue weighted by atomic mass is 79.9. The number of fused-ring (bicyclic) bond motifs is 1. The third-order valence-corrected chi connectivity index (χ3v) is 7.67. The van der Waals surface area contributed by atoms with E-state index in [1.54, 1.807) is 18.3 Å². The van der Waals surface area contributed by atoms with Gasteiger partial charge in [-0.15, -0.1) is 0 Å². The highest BCUT2D eigenvalue weighted by Crippen LogP contribution is 2.35. The molecule has 4 rings (SSSR count). The normalized spacial score (nSPS) is 11.5. The summed E-state index contributed by atoms with van der Waals surface area (Å²) in [5.74, 6) is 1.13. The smallest absolute Gasteiger partial charge is 0.282 e. The molecular formula is C25H18Br4ClN3O2.